The van der Waals surface area contributed by atoms with Gasteiger partial charge in [-0.3, -0.25) is 0 Å². The summed E-state index contributed by atoms with van der Waals surface area (Å²) in [6.07, 6.45) is 0. The van der Waals surface area contributed by atoms with Gasteiger partial charge in [0, 0.05) is 24.0 Å². The predicted molar refractivity (Wildman–Crippen MR) is 80.8 cm³/mol. The quantitative estimate of drug-likeness (QED) is 0.878. The molecule has 19 heavy (non-hydrogen) atoms. The minimum atomic E-state index is -3.46. The molecular weight excluding hydrogens is 280 g/mol. The summed E-state index contributed by atoms with van der Waals surface area (Å²) in [4.78, 5) is 1.15. The third kappa shape index (κ3) is 3.56. The highest BCUT2D eigenvalue weighted by atomic mass is 32.2. The Kier molecular flexibility index (Phi) is 5.55. The maximum atomic E-state index is 12.8. The lowest BCUT2D eigenvalue weighted by molar-refractivity contribution is 0.318. The second kappa shape index (κ2) is 6.35. The van der Waals surface area contributed by atoms with Gasteiger partial charge in [0.05, 0.1) is 0 Å². The fourth-order valence-corrected chi connectivity index (χ4v) is 5.50. The number of rotatable bonds is 6. The number of sulfonamides is 1. The van der Waals surface area contributed by atoms with E-state index in [0.717, 1.165) is 10.4 Å². The van der Waals surface area contributed by atoms with Crippen LogP contribution in [-0.2, 0) is 16.6 Å². The fourth-order valence-electron chi connectivity index (χ4n) is 2.04. The van der Waals surface area contributed by atoms with E-state index < -0.39 is 10.0 Å². The first-order valence-electron chi connectivity index (χ1n) is 6.50. The molecule has 1 heterocycles. The molecule has 110 valence electrons. The Morgan fingerprint density at radius 2 is 1.89 bits per heavy atom. The Hall–Kier alpha value is -0.430. The van der Waals surface area contributed by atoms with Crippen LogP contribution in [0.5, 0.6) is 0 Å². The van der Waals surface area contributed by atoms with Gasteiger partial charge < -0.3 is 5.73 Å². The second-order valence-corrected chi connectivity index (χ2v) is 8.23. The number of hydrogen-bond donors (Lipinski definition) is 1. The van der Waals surface area contributed by atoms with Crippen LogP contribution < -0.4 is 5.73 Å². The Morgan fingerprint density at radius 3 is 2.32 bits per heavy atom. The van der Waals surface area contributed by atoms with E-state index in [-0.39, 0.29) is 18.5 Å². The highest BCUT2D eigenvalue weighted by molar-refractivity contribution is 7.89. The van der Waals surface area contributed by atoms with Gasteiger partial charge in [-0.2, -0.15) is 4.31 Å². The minimum Gasteiger partial charge on any atom is -0.326 e. The molecular formula is C13H24N2O2S2. The van der Waals surface area contributed by atoms with Crippen LogP contribution >= 0.6 is 11.3 Å². The molecule has 0 spiro atoms. The molecule has 6 heteroatoms. The van der Waals surface area contributed by atoms with Crippen molar-refractivity contribution in [2.75, 3.05) is 6.54 Å². The van der Waals surface area contributed by atoms with Crippen LogP contribution in [0.25, 0.3) is 0 Å². The summed E-state index contributed by atoms with van der Waals surface area (Å²) in [5.74, 6) is 0.289. The molecule has 0 saturated carbocycles. The Labute approximate surface area is 120 Å². The van der Waals surface area contributed by atoms with Crippen molar-refractivity contribution < 1.29 is 8.42 Å². The monoisotopic (exact) mass is 304 g/mol. The van der Waals surface area contributed by atoms with E-state index in [2.05, 4.69) is 0 Å². The maximum Gasteiger partial charge on any atom is 0.244 e. The normalized spacial score (nSPS) is 12.9. The summed E-state index contributed by atoms with van der Waals surface area (Å²) in [6.45, 7) is 10.5. The fraction of sp³-hybridized carbons (Fsp3) is 0.692. The Bertz CT molecular complexity index is 519. The summed E-state index contributed by atoms with van der Waals surface area (Å²) in [5.41, 5.74) is 6.46. The Morgan fingerprint density at radius 1 is 1.32 bits per heavy atom. The van der Waals surface area contributed by atoms with E-state index in [0.29, 0.717) is 11.4 Å². The molecule has 4 nitrogen and oxygen atoms in total. The SMILES string of the molecule is Cc1csc(CN)c1S(=O)(=O)N(CC(C)C)C(C)C. The third-order valence-corrected chi connectivity index (χ3v) is 6.39. The smallest absolute Gasteiger partial charge is 0.244 e. The molecule has 0 aliphatic carbocycles. The molecule has 1 aromatic heterocycles. The number of nitrogens with zero attached hydrogens (tertiary/aromatic N) is 1. The van der Waals surface area contributed by atoms with Crippen LogP contribution in [0.1, 0.15) is 38.1 Å². The molecule has 0 radical (unpaired) electrons. The summed E-state index contributed by atoms with van der Waals surface area (Å²) in [7, 11) is -3.46. The summed E-state index contributed by atoms with van der Waals surface area (Å²) >= 11 is 1.42. The van der Waals surface area contributed by atoms with Crippen LogP contribution in [0.2, 0.25) is 0 Å². The first-order chi connectivity index (χ1) is 8.71. The van der Waals surface area contributed by atoms with E-state index in [4.69, 9.17) is 5.73 Å². The standard InChI is InChI=1S/C13H24N2O2S2/c1-9(2)7-15(10(3)4)19(16,17)13-11(5)8-18-12(13)6-14/h8-10H,6-7,14H2,1-5H3. The molecule has 0 atom stereocenters. The van der Waals surface area contributed by atoms with Crippen LogP contribution in [0, 0.1) is 12.8 Å². The molecule has 0 amide bonds. The van der Waals surface area contributed by atoms with E-state index in [1.807, 2.05) is 40.0 Å². The summed E-state index contributed by atoms with van der Waals surface area (Å²) < 4.78 is 27.3. The highest BCUT2D eigenvalue weighted by Gasteiger charge is 2.31. The van der Waals surface area contributed by atoms with Crippen molar-refractivity contribution in [3.63, 3.8) is 0 Å². The second-order valence-electron chi connectivity index (χ2n) is 5.44. The molecule has 0 bridgehead atoms. The van der Waals surface area contributed by atoms with Gasteiger partial charge in [0.15, 0.2) is 0 Å². The zero-order chi connectivity index (χ0) is 14.8. The zero-order valence-electron chi connectivity index (χ0n) is 12.3. The molecule has 2 N–H and O–H groups in total. The van der Waals surface area contributed by atoms with Crippen LogP contribution in [0.3, 0.4) is 0 Å². The molecule has 0 fully saturated rings. The van der Waals surface area contributed by atoms with Crippen LogP contribution in [0.15, 0.2) is 10.3 Å². The molecule has 1 rings (SSSR count). The first kappa shape index (κ1) is 16.6. The molecule has 0 aromatic carbocycles. The van der Waals surface area contributed by atoms with Crippen molar-refractivity contribution in [3.05, 3.63) is 15.8 Å². The molecule has 0 aliphatic rings. The van der Waals surface area contributed by atoms with Crippen LogP contribution in [0.4, 0.5) is 0 Å². The number of hydrogen-bond acceptors (Lipinski definition) is 4. The van der Waals surface area contributed by atoms with Crippen molar-refractivity contribution >= 4 is 21.4 Å². The van der Waals surface area contributed by atoms with Gasteiger partial charge in [-0.1, -0.05) is 13.8 Å². The lowest BCUT2D eigenvalue weighted by Gasteiger charge is -2.28. The maximum absolute atomic E-state index is 12.8. The predicted octanol–water partition coefficient (Wildman–Crippen LogP) is 2.57. The van der Waals surface area contributed by atoms with Gasteiger partial charge in [0.1, 0.15) is 4.90 Å². The average molecular weight is 304 g/mol. The molecule has 0 unspecified atom stereocenters. The average Bonchev–Trinajstić information content (AvgIpc) is 2.67. The third-order valence-electron chi connectivity index (χ3n) is 2.86. The molecule has 0 aliphatic heterocycles. The summed E-state index contributed by atoms with van der Waals surface area (Å²) in [5, 5.41) is 1.86. The zero-order valence-corrected chi connectivity index (χ0v) is 13.9. The van der Waals surface area contributed by atoms with E-state index in [1.54, 1.807) is 4.31 Å². The van der Waals surface area contributed by atoms with Crippen molar-refractivity contribution in [2.45, 2.75) is 52.1 Å². The number of nitrogens with two attached hydrogens (primary N) is 1. The van der Waals surface area contributed by atoms with Crippen LogP contribution in [-0.4, -0.2) is 25.3 Å². The summed E-state index contributed by atoms with van der Waals surface area (Å²) in [6, 6.07) is -0.0580. The van der Waals surface area contributed by atoms with Gasteiger partial charge in [0.25, 0.3) is 0 Å². The van der Waals surface area contributed by atoms with Crippen molar-refractivity contribution in [2.24, 2.45) is 11.7 Å². The minimum absolute atomic E-state index is 0.0580. The lowest BCUT2D eigenvalue weighted by atomic mass is 10.2. The number of thiophene rings is 1. The largest absolute Gasteiger partial charge is 0.326 e. The first-order valence-corrected chi connectivity index (χ1v) is 8.82. The van der Waals surface area contributed by atoms with Gasteiger partial charge in [-0.05, 0) is 37.6 Å². The molecule has 0 saturated heterocycles. The topological polar surface area (TPSA) is 63.4 Å². The van der Waals surface area contributed by atoms with Gasteiger partial charge >= 0.3 is 0 Å². The van der Waals surface area contributed by atoms with Gasteiger partial charge in [0.2, 0.25) is 10.0 Å². The highest BCUT2D eigenvalue weighted by Crippen LogP contribution is 2.30. The van der Waals surface area contributed by atoms with Crippen molar-refractivity contribution in [3.8, 4) is 0 Å². The molecule has 1 aromatic rings. The lowest BCUT2D eigenvalue weighted by Crippen LogP contribution is -2.40. The Balaban J connectivity index is 3.30. The van der Waals surface area contributed by atoms with Crippen molar-refractivity contribution in [1.29, 1.82) is 0 Å². The van der Waals surface area contributed by atoms with Gasteiger partial charge in [-0.25, -0.2) is 8.42 Å². The van der Waals surface area contributed by atoms with E-state index >= 15 is 0 Å². The van der Waals surface area contributed by atoms with Gasteiger partial charge in [-0.15, -0.1) is 11.3 Å². The van der Waals surface area contributed by atoms with E-state index in [9.17, 15) is 8.42 Å². The number of aryl methyl sites for hydroxylation is 1. The van der Waals surface area contributed by atoms with Crippen molar-refractivity contribution in [1.82, 2.24) is 4.31 Å². The van der Waals surface area contributed by atoms with E-state index in [1.165, 1.54) is 11.3 Å².